The zero-order valence-corrected chi connectivity index (χ0v) is 16.1. The Bertz CT molecular complexity index is 920. The van der Waals surface area contributed by atoms with Gasteiger partial charge in [-0.15, -0.1) is 0 Å². The fourth-order valence-corrected chi connectivity index (χ4v) is 4.25. The van der Waals surface area contributed by atoms with Gasteiger partial charge in [0.25, 0.3) is 0 Å². The molecular weight excluding hydrogens is 360 g/mol. The Hall–Kier alpha value is -2.61. The Balaban J connectivity index is 1.46. The number of piperidine rings is 1. The Kier molecular flexibility index (Phi) is 5.24. The Morgan fingerprint density at radius 1 is 1.22 bits per heavy atom. The molecule has 0 saturated carbocycles. The minimum Gasteiger partial charge on any atom is -0.356 e. The minimum atomic E-state index is 0.116. The van der Waals surface area contributed by atoms with Crippen LogP contribution in [0.5, 0.6) is 0 Å². The lowest BCUT2D eigenvalue weighted by atomic mass is 9.96. The van der Waals surface area contributed by atoms with Crippen LogP contribution >= 0.6 is 11.3 Å². The molecule has 1 fully saturated rings. The van der Waals surface area contributed by atoms with Crippen LogP contribution < -0.4 is 10.2 Å². The van der Waals surface area contributed by atoms with Gasteiger partial charge in [0.15, 0.2) is 5.13 Å². The zero-order valence-electron chi connectivity index (χ0n) is 15.3. The highest BCUT2D eigenvalue weighted by Crippen LogP contribution is 2.32. The molecule has 27 heavy (non-hydrogen) atoms. The van der Waals surface area contributed by atoms with Crippen LogP contribution in [0.15, 0.2) is 30.9 Å². The van der Waals surface area contributed by atoms with Crippen molar-refractivity contribution >= 4 is 32.7 Å². The topological polar surface area (TPSA) is 83.9 Å². The molecule has 1 N–H and O–H groups in total. The first-order valence-corrected chi connectivity index (χ1v) is 10.1. The number of fused-ring (bicyclic) bond motifs is 1. The van der Waals surface area contributed by atoms with Gasteiger partial charge in [-0.05, 0) is 31.4 Å². The van der Waals surface area contributed by atoms with Crippen molar-refractivity contribution in [2.75, 3.05) is 24.5 Å². The number of thiazole rings is 1. The lowest BCUT2D eigenvalue weighted by molar-refractivity contribution is -0.125. The van der Waals surface area contributed by atoms with Crippen LogP contribution in [0.2, 0.25) is 0 Å². The molecule has 0 atom stereocenters. The Morgan fingerprint density at radius 2 is 2.00 bits per heavy atom. The molecule has 1 saturated heterocycles. The molecule has 1 aliphatic heterocycles. The number of hydrogen-bond acceptors (Lipinski definition) is 7. The van der Waals surface area contributed by atoms with Gasteiger partial charge >= 0.3 is 0 Å². The minimum absolute atomic E-state index is 0.116. The number of carbonyl (C=O) groups is 1. The number of nitrogens with one attached hydrogen (secondary N) is 1. The van der Waals surface area contributed by atoms with E-state index in [0.29, 0.717) is 0 Å². The first-order valence-electron chi connectivity index (χ1n) is 9.30. The van der Waals surface area contributed by atoms with Gasteiger partial charge in [0, 0.05) is 43.5 Å². The van der Waals surface area contributed by atoms with Gasteiger partial charge in [-0.2, -0.15) is 0 Å². The number of hydrogen-bond donors (Lipinski definition) is 1. The molecule has 1 aliphatic rings. The predicted molar refractivity (Wildman–Crippen MR) is 107 cm³/mol. The molecule has 0 unspecified atom stereocenters. The van der Waals surface area contributed by atoms with Crippen molar-refractivity contribution in [2.45, 2.75) is 26.2 Å². The third kappa shape index (κ3) is 3.90. The maximum Gasteiger partial charge on any atom is 0.223 e. The largest absolute Gasteiger partial charge is 0.356 e. The normalized spacial score (nSPS) is 15.2. The average Bonchev–Trinajstić information content (AvgIpc) is 3.16. The first kappa shape index (κ1) is 17.8. The zero-order chi connectivity index (χ0) is 18.6. The van der Waals surface area contributed by atoms with Crippen LogP contribution in [0.25, 0.3) is 21.6 Å². The highest BCUT2D eigenvalue weighted by molar-refractivity contribution is 7.21. The number of anilines is 1. The summed E-state index contributed by atoms with van der Waals surface area (Å²) in [5, 5.41) is 3.99. The van der Waals surface area contributed by atoms with Gasteiger partial charge in [-0.3, -0.25) is 4.79 Å². The van der Waals surface area contributed by atoms with Crippen molar-refractivity contribution in [3.05, 3.63) is 30.9 Å². The monoisotopic (exact) mass is 382 g/mol. The number of carbonyl (C=O) groups excluding carboxylic acids is 1. The summed E-state index contributed by atoms with van der Waals surface area (Å²) < 4.78 is 0. The van der Waals surface area contributed by atoms with Gasteiger partial charge in [-0.25, -0.2) is 19.9 Å². The highest BCUT2D eigenvalue weighted by atomic mass is 32.1. The van der Waals surface area contributed by atoms with Gasteiger partial charge in [-0.1, -0.05) is 18.3 Å². The molecule has 140 valence electrons. The molecule has 4 heterocycles. The van der Waals surface area contributed by atoms with E-state index in [1.54, 1.807) is 23.7 Å². The lowest BCUT2D eigenvalue weighted by Gasteiger charge is -2.30. The second kappa shape index (κ2) is 7.96. The number of amides is 1. The molecule has 3 aromatic heterocycles. The summed E-state index contributed by atoms with van der Waals surface area (Å²) in [6, 6.07) is 3.95. The summed E-state index contributed by atoms with van der Waals surface area (Å²) in [5.41, 5.74) is 2.65. The first-order chi connectivity index (χ1) is 13.2. The summed E-state index contributed by atoms with van der Waals surface area (Å²) >= 11 is 1.60. The molecule has 4 rings (SSSR count). The SMILES string of the molecule is CCCNC(=O)C1CCN(c2nc3ccc(-c4cncnc4)nc3s2)CC1. The molecule has 8 heteroatoms. The fraction of sp³-hybridized carbons (Fsp3) is 0.421. The molecule has 0 bridgehead atoms. The maximum atomic E-state index is 12.2. The lowest BCUT2D eigenvalue weighted by Crippen LogP contribution is -2.40. The van der Waals surface area contributed by atoms with Crippen LogP contribution in [-0.2, 0) is 4.79 Å². The number of rotatable bonds is 5. The van der Waals surface area contributed by atoms with E-state index in [-0.39, 0.29) is 11.8 Å². The van der Waals surface area contributed by atoms with Crippen molar-refractivity contribution in [1.82, 2.24) is 25.3 Å². The molecule has 0 spiro atoms. The molecule has 0 aromatic carbocycles. The summed E-state index contributed by atoms with van der Waals surface area (Å²) in [5.74, 6) is 0.308. The Morgan fingerprint density at radius 3 is 2.74 bits per heavy atom. The predicted octanol–water partition coefficient (Wildman–Crippen LogP) is 2.89. The van der Waals surface area contributed by atoms with Crippen LogP contribution in [0.1, 0.15) is 26.2 Å². The number of pyridine rings is 1. The van der Waals surface area contributed by atoms with Gasteiger partial charge in [0.1, 0.15) is 16.7 Å². The van der Waals surface area contributed by atoms with E-state index in [1.807, 2.05) is 12.1 Å². The molecular formula is C19H22N6OS. The number of nitrogens with zero attached hydrogens (tertiary/aromatic N) is 5. The molecule has 3 aromatic rings. The third-order valence-electron chi connectivity index (χ3n) is 4.79. The second-order valence-electron chi connectivity index (χ2n) is 6.70. The quantitative estimate of drug-likeness (QED) is 0.730. The summed E-state index contributed by atoms with van der Waals surface area (Å²) in [6.45, 7) is 4.53. The summed E-state index contributed by atoms with van der Waals surface area (Å²) in [4.78, 5) is 32.9. The van der Waals surface area contributed by atoms with E-state index in [1.165, 1.54) is 6.33 Å². The van der Waals surface area contributed by atoms with Crippen molar-refractivity contribution in [2.24, 2.45) is 5.92 Å². The third-order valence-corrected chi connectivity index (χ3v) is 5.81. The van der Waals surface area contributed by atoms with E-state index in [9.17, 15) is 4.79 Å². The van der Waals surface area contributed by atoms with E-state index < -0.39 is 0 Å². The van der Waals surface area contributed by atoms with Gasteiger partial charge in [0.05, 0.1) is 5.69 Å². The standard InChI is InChI=1S/C19H22N6OS/c1-2-7-22-17(26)13-5-8-25(9-6-13)19-24-16-4-3-15(23-18(16)27-19)14-10-20-12-21-11-14/h3-4,10-13H,2,5-9H2,1H3,(H,22,26). The maximum absolute atomic E-state index is 12.2. The molecule has 0 aliphatic carbocycles. The van der Waals surface area contributed by atoms with Crippen LogP contribution in [0, 0.1) is 5.92 Å². The van der Waals surface area contributed by atoms with E-state index in [2.05, 4.69) is 27.1 Å². The average molecular weight is 382 g/mol. The summed E-state index contributed by atoms with van der Waals surface area (Å²) in [6.07, 6.45) is 7.74. The molecule has 0 radical (unpaired) electrons. The van der Waals surface area contributed by atoms with Crippen LogP contribution in [0.3, 0.4) is 0 Å². The molecule has 7 nitrogen and oxygen atoms in total. The van der Waals surface area contributed by atoms with E-state index in [0.717, 1.165) is 65.6 Å². The Labute approximate surface area is 161 Å². The van der Waals surface area contributed by atoms with Gasteiger partial charge in [0.2, 0.25) is 5.91 Å². The smallest absolute Gasteiger partial charge is 0.223 e. The van der Waals surface area contributed by atoms with Crippen LogP contribution in [-0.4, -0.2) is 45.5 Å². The van der Waals surface area contributed by atoms with E-state index in [4.69, 9.17) is 9.97 Å². The van der Waals surface area contributed by atoms with Crippen molar-refractivity contribution in [1.29, 1.82) is 0 Å². The van der Waals surface area contributed by atoms with Crippen LogP contribution in [0.4, 0.5) is 5.13 Å². The van der Waals surface area contributed by atoms with Crippen molar-refractivity contribution in [3.63, 3.8) is 0 Å². The highest BCUT2D eigenvalue weighted by Gasteiger charge is 2.26. The second-order valence-corrected chi connectivity index (χ2v) is 7.65. The number of aromatic nitrogens is 4. The van der Waals surface area contributed by atoms with Crippen molar-refractivity contribution in [3.8, 4) is 11.3 Å². The molecule has 1 amide bonds. The van der Waals surface area contributed by atoms with E-state index >= 15 is 0 Å². The van der Waals surface area contributed by atoms with Gasteiger partial charge < -0.3 is 10.2 Å². The fourth-order valence-electron chi connectivity index (χ4n) is 3.26. The van der Waals surface area contributed by atoms with Crippen molar-refractivity contribution < 1.29 is 4.79 Å². The summed E-state index contributed by atoms with van der Waals surface area (Å²) in [7, 11) is 0.